The number of rotatable bonds is 10. The standard InChI is InChI=1S/C18H25F3N2O5S.C13H17F3N2O3S/c1-17(2,3)28-16(24)12-29(25,26)23-10-8-22(9-11-23)14-4-6-15(7-5-14)27-13-18(19,20)21;1-22(19,20)18-8-6-17(7-9-18)11-2-4-12(5-3-11)21-10-13(14,15)16/h4-7H,8-13H2,1-3H3;2-5H,6-10H2,1H3. The molecule has 0 unspecified atom stereocenters. The van der Waals surface area contributed by atoms with E-state index in [0.717, 1.165) is 11.4 Å². The molecule has 2 saturated heterocycles. The lowest BCUT2D eigenvalue weighted by atomic mass is 10.2. The van der Waals surface area contributed by atoms with Gasteiger partial charge in [-0.3, -0.25) is 4.79 Å². The van der Waals surface area contributed by atoms with E-state index >= 15 is 0 Å². The lowest BCUT2D eigenvalue weighted by molar-refractivity contribution is -0.154. The Kier molecular flexibility index (Phi) is 13.9. The number of hydrogen-bond acceptors (Lipinski definition) is 10. The lowest BCUT2D eigenvalue weighted by Crippen LogP contribution is -2.50. The predicted octanol–water partition coefficient (Wildman–Crippen LogP) is 4.13. The minimum atomic E-state index is -4.40. The number of alkyl halides is 6. The van der Waals surface area contributed by atoms with Crippen molar-refractivity contribution in [2.24, 2.45) is 0 Å². The first-order chi connectivity index (χ1) is 23.4. The van der Waals surface area contributed by atoms with Gasteiger partial charge in [0.2, 0.25) is 20.0 Å². The van der Waals surface area contributed by atoms with Gasteiger partial charge in [-0.25, -0.2) is 16.8 Å². The number of sulfonamides is 2. The molecule has 20 heteroatoms. The van der Waals surface area contributed by atoms with Crippen molar-refractivity contribution in [1.82, 2.24) is 8.61 Å². The van der Waals surface area contributed by atoms with Gasteiger partial charge in [0.15, 0.2) is 19.0 Å². The number of piperazine rings is 2. The van der Waals surface area contributed by atoms with Gasteiger partial charge in [0, 0.05) is 63.7 Å². The molecule has 2 aliphatic heterocycles. The summed E-state index contributed by atoms with van der Waals surface area (Å²) in [4.78, 5) is 15.7. The van der Waals surface area contributed by atoms with Gasteiger partial charge in [0.1, 0.15) is 17.1 Å². The van der Waals surface area contributed by atoms with E-state index in [1.54, 1.807) is 45.0 Å². The van der Waals surface area contributed by atoms with Crippen LogP contribution in [0.15, 0.2) is 48.5 Å². The molecule has 2 aliphatic rings. The van der Waals surface area contributed by atoms with Crippen molar-refractivity contribution in [1.29, 1.82) is 0 Å². The van der Waals surface area contributed by atoms with Crippen molar-refractivity contribution in [2.45, 2.75) is 38.7 Å². The highest BCUT2D eigenvalue weighted by Gasteiger charge is 2.32. The van der Waals surface area contributed by atoms with Crippen LogP contribution in [0.2, 0.25) is 0 Å². The number of carbonyl (C=O) groups is 1. The molecular weight excluding hydrogens is 734 g/mol. The summed E-state index contributed by atoms with van der Waals surface area (Å²) in [7, 11) is -6.96. The monoisotopic (exact) mass is 776 g/mol. The molecule has 2 fully saturated rings. The van der Waals surface area contributed by atoms with Crippen molar-refractivity contribution in [3.8, 4) is 11.5 Å². The fourth-order valence-corrected chi connectivity index (χ4v) is 7.04. The van der Waals surface area contributed by atoms with Crippen LogP contribution in [-0.2, 0) is 29.6 Å². The van der Waals surface area contributed by atoms with Gasteiger partial charge in [-0.15, -0.1) is 0 Å². The van der Waals surface area contributed by atoms with Crippen LogP contribution < -0.4 is 19.3 Å². The van der Waals surface area contributed by atoms with E-state index in [0.29, 0.717) is 39.3 Å². The average Bonchev–Trinajstić information content (AvgIpc) is 3.01. The number of ether oxygens (including phenoxy) is 3. The molecule has 0 saturated carbocycles. The van der Waals surface area contributed by atoms with E-state index in [1.807, 2.05) is 9.80 Å². The van der Waals surface area contributed by atoms with Gasteiger partial charge < -0.3 is 24.0 Å². The molecule has 0 bridgehead atoms. The molecule has 0 aromatic heterocycles. The summed E-state index contributed by atoms with van der Waals surface area (Å²) in [6.07, 6.45) is -7.59. The molecular formula is C31H42F6N4O8S2. The van der Waals surface area contributed by atoms with Gasteiger partial charge >= 0.3 is 18.3 Å². The summed E-state index contributed by atoms with van der Waals surface area (Å²) in [5, 5.41) is 0. The van der Waals surface area contributed by atoms with E-state index in [9.17, 15) is 48.0 Å². The van der Waals surface area contributed by atoms with Crippen LogP contribution in [0.4, 0.5) is 37.7 Å². The van der Waals surface area contributed by atoms with Crippen LogP contribution in [0, 0.1) is 0 Å². The van der Waals surface area contributed by atoms with E-state index in [4.69, 9.17) is 4.74 Å². The molecule has 2 aromatic rings. The number of esters is 1. The zero-order chi connectivity index (χ0) is 38.3. The van der Waals surface area contributed by atoms with Gasteiger partial charge in [-0.05, 0) is 69.3 Å². The summed E-state index contributed by atoms with van der Waals surface area (Å²) >= 11 is 0. The predicted molar refractivity (Wildman–Crippen MR) is 178 cm³/mol. The highest BCUT2D eigenvalue weighted by Crippen LogP contribution is 2.25. The molecule has 0 amide bonds. The Morgan fingerprint density at radius 3 is 1.29 bits per heavy atom. The number of anilines is 2. The van der Waals surface area contributed by atoms with Crippen LogP contribution in [0.5, 0.6) is 11.5 Å². The van der Waals surface area contributed by atoms with Crippen molar-refractivity contribution < 1.29 is 62.2 Å². The maximum atomic E-state index is 12.4. The molecule has 12 nitrogen and oxygen atoms in total. The Bertz CT molecular complexity index is 1640. The summed E-state index contributed by atoms with van der Waals surface area (Å²) in [6, 6.07) is 12.4. The topological polar surface area (TPSA) is 126 Å². The first-order valence-electron chi connectivity index (χ1n) is 15.6. The van der Waals surface area contributed by atoms with Crippen LogP contribution in [-0.4, -0.2) is 127 Å². The molecule has 4 rings (SSSR count). The maximum Gasteiger partial charge on any atom is 0.422 e. The summed E-state index contributed by atoms with van der Waals surface area (Å²) < 4.78 is 137. The van der Waals surface area contributed by atoms with Crippen LogP contribution in [0.1, 0.15) is 20.8 Å². The maximum absolute atomic E-state index is 12.4. The molecule has 0 radical (unpaired) electrons. The Hall–Kier alpha value is -3.49. The first-order valence-corrected chi connectivity index (χ1v) is 19.1. The molecule has 2 heterocycles. The number of nitrogens with zero attached hydrogens (tertiary/aromatic N) is 4. The van der Waals surface area contributed by atoms with Crippen LogP contribution in [0.3, 0.4) is 0 Å². The second-order valence-electron chi connectivity index (χ2n) is 12.7. The third kappa shape index (κ3) is 14.9. The second-order valence-corrected chi connectivity index (χ2v) is 16.6. The smallest absolute Gasteiger partial charge is 0.422 e. The van der Waals surface area contributed by atoms with E-state index < -0.39 is 62.9 Å². The first kappa shape index (κ1) is 41.9. The van der Waals surface area contributed by atoms with Crippen molar-refractivity contribution >= 4 is 37.4 Å². The largest absolute Gasteiger partial charge is 0.484 e. The van der Waals surface area contributed by atoms with Gasteiger partial charge in [0.05, 0.1) is 6.26 Å². The van der Waals surface area contributed by atoms with E-state index in [1.165, 1.54) is 39.1 Å². The van der Waals surface area contributed by atoms with Gasteiger partial charge in [0.25, 0.3) is 0 Å². The highest BCUT2D eigenvalue weighted by atomic mass is 32.2. The molecule has 2 aromatic carbocycles. The number of halogens is 6. The van der Waals surface area contributed by atoms with E-state index in [2.05, 4.69) is 9.47 Å². The average molecular weight is 777 g/mol. The molecule has 0 spiro atoms. The lowest BCUT2D eigenvalue weighted by Gasteiger charge is -2.35. The fourth-order valence-electron chi connectivity index (χ4n) is 4.95. The van der Waals surface area contributed by atoms with Crippen molar-refractivity contribution in [3.05, 3.63) is 48.5 Å². The number of carbonyl (C=O) groups excluding carboxylic acids is 1. The second kappa shape index (κ2) is 16.9. The third-order valence-electron chi connectivity index (χ3n) is 7.27. The Balaban J connectivity index is 0.000000286. The normalized spacial score (nSPS) is 17.0. The summed E-state index contributed by atoms with van der Waals surface area (Å²) in [6.45, 7) is 5.32. The number of hydrogen-bond donors (Lipinski definition) is 0. The van der Waals surface area contributed by atoms with Gasteiger partial charge in [-0.1, -0.05) is 0 Å². The molecule has 51 heavy (non-hydrogen) atoms. The zero-order valence-corrected chi connectivity index (χ0v) is 30.2. The molecule has 288 valence electrons. The summed E-state index contributed by atoms with van der Waals surface area (Å²) in [5.74, 6) is -1.26. The quantitative estimate of drug-likeness (QED) is 0.257. The SMILES string of the molecule is CC(C)(C)OC(=O)CS(=O)(=O)N1CCN(c2ccc(OCC(F)(F)F)cc2)CC1.CS(=O)(=O)N1CCN(c2ccc(OCC(F)(F)F)cc2)CC1. The molecule has 0 N–H and O–H groups in total. The minimum Gasteiger partial charge on any atom is -0.484 e. The van der Waals surface area contributed by atoms with Gasteiger partial charge in [-0.2, -0.15) is 35.0 Å². The Morgan fingerprint density at radius 1 is 0.627 bits per heavy atom. The fraction of sp³-hybridized carbons (Fsp3) is 0.581. The highest BCUT2D eigenvalue weighted by molar-refractivity contribution is 7.89. The van der Waals surface area contributed by atoms with Crippen molar-refractivity contribution in [2.75, 3.05) is 87.4 Å². The third-order valence-corrected chi connectivity index (χ3v) is 10.3. The number of benzene rings is 2. The summed E-state index contributed by atoms with van der Waals surface area (Å²) in [5.41, 5.74) is 0.808. The van der Waals surface area contributed by atoms with E-state index in [-0.39, 0.29) is 24.6 Å². The van der Waals surface area contributed by atoms with Crippen LogP contribution in [0.25, 0.3) is 0 Å². The van der Waals surface area contributed by atoms with Crippen molar-refractivity contribution in [3.63, 3.8) is 0 Å². The Labute approximate surface area is 293 Å². The molecule has 0 aliphatic carbocycles. The minimum absolute atomic E-state index is 0.102. The molecule has 0 atom stereocenters. The Morgan fingerprint density at radius 2 is 0.980 bits per heavy atom. The van der Waals surface area contributed by atoms with Crippen LogP contribution >= 0.6 is 0 Å². The zero-order valence-electron chi connectivity index (χ0n) is 28.5.